The quantitative estimate of drug-likeness (QED) is 0.607. The first kappa shape index (κ1) is 25.5. The lowest BCUT2D eigenvalue weighted by Crippen LogP contribution is -2.52. The molecule has 1 N–H and O–H groups in total. The molecule has 184 valence electrons. The van der Waals surface area contributed by atoms with Crippen molar-refractivity contribution in [1.29, 1.82) is 0 Å². The number of likely N-dealkylation sites (tertiary alicyclic amines) is 1. The molecule has 2 aliphatic heterocycles. The first-order chi connectivity index (χ1) is 15.3. The summed E-state index contributed by atoms with van der Waals surface area (Å²) in [6.45, 7) is 3.63. The van der Waals surface area contributed by atoms with Gasteiger partial charge in [0, 0.05) is 25.9 Å². The van der Waals surface area contributed by atoms with Crippen LogP contribution in [-0.2, 0) is 28.4 Å². The van der Waals surface area contributed by atoms with Crippen LogP contribution in [0.5, 0.6) is 0 Å². The summed E-state index contributed by atoms with van der Waals surface area (Å²) in [6.07, 6.45) is -6.43. The van der Waals surface area contributed by atoms with Gasteiger partial charge in [0.25, 0.3) is 0 Å². The number of amides is 1. The zero-order valence-corrected chi connectivity index (χ0v) is 18.4. The highest BCUT2D eigenvalue weighted by molar-refractivity contribution is 5.83. The van der Waals surface area contributed by atoms with Crippen molar-refractivity contribution < 1.29 is 35.9 Å². The number of rotatable bonds is 5. The number of hydrogen-bond acceptors (Lipinski definition) is 3. The second-order valence-corrected chi connectivity index (χ2v) is 9.44. The summed E-state index contributed by atoms with van der Waals surface area (Å²) >= 11 is 0. The van der Waals surface area contributed by atoms with Crippen LogP contribution in [0.3, 0.4) is 0 Å². The zero-order valence-electron chi connectivity index (χ0n) is 18.4. The molecule has 2 saturated heterocycles. The zero-order chi connectivity index (χ0) is 24.4. The van der Waals surface area contributed by atoms with E-state index in [1.165, 1.54) is 0 Å². The molecule has 1 aromatic rings. The number of ketones is 1. The highest BCUT2D eigenvalue weighted by atomic mass is 19.4. The molecule has 1 atom stereocenters. The van der Waals surface area contributed by atoms with Crippen molar-refractivity contribution in [1.82, 2.24) is 10.2 Å². The summed E-state index contributed by atoms with van der Waals surface area (Å²) in [6, 6.07) is 1.08. The van der Waals surface area contributed by atoms with E-state index >= 15 is 0 Å². The van der Waals surface area contributed by atoms with E-state index < -0.39 is 41.1 Å². The molecule has 2 fully saturated rings. The Morgan fingerprint density at radius 3 is 2.06 bits per heavy atom. The van der Waals surface area contributed by atoms with Crippen LogP contribution in [0.4, 0.5) is 26.3 Å². The maximum Gasteiger partial charge on any atom is 0.416 e. The maximum atomic E-state index is 13.1. The minimum atomic E-state index is -4.95. The van der Waals surface area contributed by atoms with Gasteiger partial charge in [-0.2, -0.15) is 26.3 Å². The van der Waals surface area contributed by atoms with Crippen LogP contribution in [0.25, 0.3) is 0 Å². The summed E-state index contributed by atoms with van der Waals surface area (Å²) in [4.78, 5) is 27.1. The summed E-state index contributed by atoms with van der Waals surface area (Å²) in [7, 11) is 0. The molecule has 4 nitrogen and oxygen atoms in total. The number of halogens is 6. The standard InChI is InChI=1S/C23H28F6N2O2/c1-21(5-8-31(9-6-21)20(33)19-4-2-3-7-30-19)14-18(32)12-15-10-16(22(24,25)26)13-17(11-15)23(27,28)29/h10-11,13,19,30H,2-9,12,14H2,1H3/t19-/m1/s1. The first-order valence-corrected chi connectivity index (χ1v) is 11.1. The van der Waals surface area contributed by atoms with Crippen molar-refractivity contribution in [2.75, 3.05) is 19.6 Å². The van der Waals surface area contributed by atoms with Crippen LogP contribution in [0.15, 0.2) is 18.2 Å². The lowest BCUT2D eigenvalue weighted by molar-refractivity contribution is -0.143. The minimum absolute atomic E-state index is 0.0360. The molecule has 1 aromatic carbocycles. The fraction of sp³-hybridized carbons (Fsp3) is 0.652. The Hall–Kier alpha value is -2.10. The number of alkyl halides is 6. The van der Waals surface area contributed by atoms with Gasteiger partial charge in [-0.15, -0.1) is 0 Å². The molecule has 0 aliphatic carbocycles. The molecule has 0 unspecified atom stereocenters. The molecule has 0 saturated carbocycles. The van der Waals surface area contributed by atoms with E-state index in [2.05, 4.69) is 5.32 Å². The highest BCUT2D eigenvalue weighted by Gasteiger charge is 2.38. The monoisotopic (exact) mass is 478 g/mol. The van der Waals surface area contributed by atoms with Crippen molar-refractivity contribution in [2.45, 2.75) is 70.3 Å². The third-order valence-electron chi connectivity index (χ3n) is 6.56. The van der Waals surface area contributed by atoms with E-state index in [-0.39, 0.29) is 30.0 Å². The topological polar surface area (TPSA) is 49.4 Å². The molecule has 1 amide bonds. The molecule has 0 aromatic heterocycles. The molecule has 3 rings (SSSR count). The SMILES string of the molecule is CC1(CC(=O)Cc2cc(C(F)(F)F)cc(C(F)(F)F)c2)CCN(C(=O)[C@H]2CCCCN2)CC1. The van der Waals surface area contributed by atoms with Crippen LogP contribution >= 0.6 is 0 Å². The van der Waals surface area contributed by atoms with Crippen molar-refractivity contribution in [3.05, 3.63) is 34.9 Å². The number of benzene rings is 1. The first-order valence-electron chi connectivity index (χ1n) is 11.1. The van der Waals surface area contributed by atoms with E-state index in [4.69, 9.17) is 0 Å². The van der Waals surface area contributed by atoms with Gasteiger partial charge in [-0.25, -0.2) is 0 Å². The highest BCUT2D eigenvalue weighted by Crippen LogP contribution is 2.38. The Kier molecular flexibility index (Phi) is 7.45. The van der Waals surface area contributed by atoms with Gasteiger partial charge in [-0.1, -0.05) is 13.3 Å². The third-order valence-corrected chi connectivity index (χ3v) is 6.56. The van der Waals surface area contributed by atoms with Gasteiger partial charge < -0.3 is 10.2 Å². The van der Waals surface area contributed by atoms with Gasteiger partial charge in [0.1, 0.15) is 5.78 Å². The Balaban J connectivity index is 1.62. The van der Waals surface area contributed by atoms with Gasteiger partial charge in [0.05, 0.1) is 17.2 Å². The Labute approximate surface area is 188 Å². The second-order valence-electron chi connectivity index (χ2n) is 9.44. The largest absolute Gasteiger partial charge is 0.416 e. The summed E-state index contributed by atoms with van der Waals surface area (Å²) in [5.41, 5.74) is -3.60. The summed E-state index contributed by atoms with van der Waals surface area (Å²) in [5, 5.41) is 3.22. The number of nitrogens with zero attached hydrogens (tertiary/aromatic N) is 1. The summed E-state index contributed by atoms with van der Waals surface area (Å²) in [5.74, 6) is -0.370. The van der Waals surface area contributed by atoms with E-state index in [0.717, 1.165) is 25.8 Å². The number of carbonyl (C=O) groups is 2. The number of nitrogens with one attached hydrogen (secondary N) is 1. The Morgan fingerprint density at radius 1 is 1.00 bits per heavy atom. The molecule has 0 spiro atoms. The molecule has 33 heavy (non-hydrogen) atoms. The van der Waals surface area contributed by atoms with Gasteiger partial charge >= 0.3 is 12.4 Å². The van der Waals surface area contributed by atoms with E-state index in [9.17, 15) is 35.9 Å². The molecule has 10 heteroatoms. The van der Waals surface area contributed by atoms with Gasteiger partial charge in [0.2, 0.25) is 5.91 Å². The van der Waals surface area contributed by atoms with Crippen molar-refractivity contribution in [2.24, 2.45) is 5.41 Å². The van der Waals surface area contributed by atoms with E-state index in [1.54, 1.807) is 4.90 Å². The number of Topliss-reactive ketones (excluding diaryl/α,β-unsaturated/α-hetero) is 1. The lowest BCUT2D eigenvalue weighted by Gasteiger charge is -2.40. The molecular formula is C23H28F6N2O2. The third kappa shape index (κ3) is 6.71. The minimum Gasteiger partial charge on any atom is -0.341 e. The predicted octanol–water partition coefficient (Wildman–Crippen LogP) is 5.00. The molecular weight excluding hydrogens is 450 g/mol. The molecule has 2 heterocycles. The average molecular weight is 478 g/mol. The summed E-state index contributed by atoms with van der Waals surface area (Å²) < 4.78 is 78.3. The molecule has 2 aliphatic rings. The van der Waals surface area contributed by atoms with Crippen molar-refractivity contribution in [3.63, 3.8) is 0 Å². The van der Waals surface area contributed by atoms with Crippen LogP contribution in [0.1, 0.15) is 62.1 Å². The maximum absolute atomic E-state index is 13.1. The normalized spacial score (nSPS) is 21.7. The van der Waals surface area contributed by atoms with Gasteiger partial charge in [-0.05, 0) is 61.4 Å². The van der Waals surface area contributed by atoms with Gasteiger partial charge in [-0.3, -0.25) is 9.59 Å². The molecule has 0 bridgehead atoms. The Morgan fingerprint density at radius 2 is 1.58 bits per heavy atom. The lowest BCUT2D eigenvalue weighted by atomic mass is 9.75. The average Bonchev–Trinajstić information content (AvgIpc) is 2.72. The van der Waals surface area contributed by atoms with E-state index in [1.807, 2.05) is 6.92 Å². The van der Waals surface area contributed by atoms with E-state index in [0.29, 0.717) is 38.1 Å². The van der Waals surface area contributed by atoms with Crippen molar-refractivity contribution >= 4 is 11.7 Å². The van der Waals surface area contributed by atoms with Crippen LogP contribution in [0, 0.1) is 5.41 Å². The smallest absolute Gasteiger partial charge is 0.341 e. The predicted molar refractivity (Wildman–Crippen MR) is 109 cm³/mol. The fourth-order valence-corrected chi connectivity index (χ4v) is 4.61. The second kappa shape index (κ2) is 9.64. The number of piperidine rings is 2. The number of hydrogen-bond donors (Lipinski definition) is 1. The van der Waals surface area contributed by atoms with Gasteiger partial charge in [0.15, 0.2) is 0 Å². The van der Waals surface area contributed by atoms with Crippen molar-refractivity contribution in [3.8, 4) is 0 Å². The number of carbonyl (C=O) groups excluding carboxylic acids is 2. The van der Waals surface area contributed by atoms with Crippen LogP contribution in [0.2, 0.25) is 0 Å². The Bertz CT molecular complexity index is 834. The molecule has 0 radical (unpaired) electrons. The van der Waals surface area contributed by atoms with Crippen LogP contribution < -0.4 is 5.32 Å². The van der Waals surface area contributed by atoms with Crippen LogP contribution in [-0.4, -0.2) is 42.3 Å². The fourth-order valence-electron chi connectivity index (χ4n) is 4.61.